The summed E-state index contributed by atoms with van der Waals surface area (Å²) in [6.45, 7) is 6.31. The number of aliphatic hydroxyl groups is 2. The van der Waals surface area contributed by atoms with E-state index in [2.05, 4.69) is 28.6 Å². The van der Waals surface area contributed by atoms with Crippen LogP contribution in [-0.4, -0.2) is 39.3 Å². The van der Waals surface area contributed by atoms with Gasteiger partial charge in [-0.2, -0.15) is 4.73 Å². The molecule has 2 N–H and O–H groups in total. The second-order valence-corrected chi connectivity index (χ2v) is 6.10. The molecule has 0 saturated heterocycles. The highest BCUT2D eigenvalue weighted by Gasteiger charge is 2.15. The molecule has 0 radical (unpaired) electrons. The Morgan fingerprint density at radius 1 is 1.12 bits per heavy atom. The van der Waals surface area contributed by atoms with Crippen molar-refractivity contribution in [3.8, 4) is 0 Å². The quantitative estimate of drug-likeness (QED) is 0.436. The minimum Gasteiger partial charge on any atom is -0.480 e. The van der Waals surface area contributed by atoms with Gasteiger partial charge in [-0.25, -0.2) is 4.98 Å². The third-order valence-corrected chi connectivity index (χ3v) is 4.12. The first-order valence-corrected chi connectivity index (χ1v) is 9.04. The predicted molar refractivity (Wildman–Crippen MR) is 101 cm³/mol. The molecule has 1 aromatic carbocycles. The zero-order valence-corrected chi connectivity index (χ0v) is 15.0. The van der Waals surface area contributed by atoms with Gasteiger partial charge >= 0.3 is 0 Å². The molecule has 0 aliphatic heterocycles. The highest BCUT2D eigenvalue weighted by molar-refractivity contribution is 6.06. The second-order valence-electron chi connectivity index (χ2n) is 6.10. The van der Waals surface area contributed by atoms with E-state index in [4.69, 9.17) is 10.6 Å². The summed E-state index contributed by atoms with van der Waals surface area (Å²) in [4.78, 5) is 15.1. The fraction of sp³-hybridized carbons (Fsp3) is 0.474. The lowest BCUT2D eigenvalue weighted by Gasteiger charge is -2.13. The van der Waals surface area contributed by atoms with Gasteiger partial charge in [0, 0.05) is 18.2 Å². The van der Waals surface area contributed by atoms with Crippen LogP contribution in [0.25, 0.3) is 27.7 Å². The van der Waals surface area contributed by atoms with Crippen molar-refractivity contribution in [2.24, 2.45) is 0 Å². The highest BCUT2D eigenvalue weighted by Crippen LogP contribution is 2.30. The maximum absolute atomic E-state index is 8.24. The van der Waals surface area contributed by atoms with E-state index in [0.29, 0.717) is 18.7 Å². The van der Waals surface area contributed by atoms with Gasteiger partial charge in [-0.3, -0.25) is 0 Å². The van der Waals surface area contributed by atoms with E-state index in [-0.39, 0.29) is 5.82 Å². The number of ether oxygens (including phenoxy) is 1. The van der Waals surface area contributed by atoms with Crippen LogP contribution in [0.4, 0.5) is 5.82 Å². The van der Waals surface area contributed by atoms with Gasteiger partial charge in [0.15, 0.2) is 13.2 Å². The van der Waals surface area contributed by atoms with Gasteiger partial charge in [-0.15, -0.1) is 0 Å². The number of rotatable bonds is 9. The molecule has 3 rings (SSSR count). The SMILES string of the molecule is CCCCc1nc2c([NH-])nc3ccccc3c2n1OCC[OH+]CCC. The van der Waals surface area contributed by atoms with Crippen molar-refractivity contribution < 1.29 is 9.57 Å². The summed E-state index contributed by atoms with van der Waals surface area (Å²) in [5.74, 6) is 1.06. The van der Waals surface area contributed by atoms with Gasteiger partial charge in [0.05, 0.1) is 5.52 Å². The topological polar surface area (TPSA) is 76.5 Å². The second kappa shape index (κ2) is 8.16. The molecule has 0 atom stereocenters. The van der Waals surface area contributed by atoms with Gasteiger partial charge in [-0.05, 0) is 17.8 Å². The number of fused-ring (bicyclic) bond motifs is 3. The van der Waals surface area contributed by atoms with E-state index in [1.807, 2.05) is 29.0 Å². The first kappa shape index (κ1) is 17.5. The zero-order chi connectivity index (χ0) is 17.6. The summed E-state index contributed by atoms with van der Waals surface area (Å²) in [6, 6.07) is 7.85. The monoisotopic (exact) mass is 342 g/mol. The van der Waals surface area contributed by atoms with E-state index >= 15 is 0 Å². The summed E-state index contributed by atoms with van der Waals surface area (Å²) in [5, 5.41) is 0.967. The van der Waals surface area contributed by atoms with Crippen molar-refractivity contribution >= 4 is 27.8 Å². The number of hydrogen-bond donors (Lipinski definition) is 0. The Kier molecular flexibility index (Phi) is 5.71. The summed E-state index contributed by atoms with van der Waals surface area (Å²) < 4.78 is 6.25. The lowest BCUT2D eigenvalue weighted by molar-refractivity contribution is -0.0692. The number of pyridine rings is 1. The van der Waals surface area contributed by atoms with E-state index < -0.39 is 0 Å². The van der Waals surface area contributed by atoms with Crippen molar-refractivity contribution in [3.63, 3.8) is 0 Å². The van der Waals surface area contributed by atoms with Gasteiger partial charge in [-0.1, -0.05) is 44.5 Å². The third kappa shape index (κ3) is 3.69. The molecule has 134 valence electrons. The van der Waals surface area contributed by atoms with E-state index in [9.17, 15) is 0 Å². The molecule has 0 bridgehead atoms. The lowest BCUT2D eigenvalue weighted by Crippen LogP contribution is -2.21. The number of unbranched alkanes of at least 4 members (excludes halogenated alkanes) is 1. The van der Waals surface area contributed by atoms with Gasteiger partial charge in [0.25, 0.3) is 0 Å². The lowest BCUT2D eigenvalue weighted by atomic mass is 10.2. The van der Waals surface area contributed by atoms with E-state index in [1.54, 1.807) is 0 Å². The molecule has 3 aromatic rings. The Bertz CT molecular complexity index is 844. The van der Waals surface area contributed by atoms with Crippen molar-refractivity contribution in [3.05, 3.63) is 35.8 Å². The molecule has 25 heavy (non-hydrogen) atoms. The van der Waals surface area contributed by atoms with Gasteiger partial charge in [0.2, 0.25) is 0 Å². The van der Waals surface area contributed by atoms with Gasteiger partial charge in [0.1, 0.15) is 17.9 Å². The van der Waals surface area contributed by atoms with Crippen LogP contribution >= 0.6 is 0 Å². The van der Waals surface area contributed by atoms with Crippen molar-refractivity contribution in [2.75, 3.05) is 19.8 Å². The predicted octanol–water partition coefficient (Wildman–Crippen LogP) is 3.98. The molecule has 0 spiro atoms. The Hall–Kier alpha value is -2.34. The van der Waals surface area contributed by atoms with Crippen LogP contribution in [0.5, 0.6) is 0 Å². The first-order chi connectivity index (χ1) is 12.3. The molecule has 0 saturated carbocycles. The maximum atomic E-state index is 8.24. The van der Waals surface area contributed by atoms with Crippen LogP contribution in [0.3, 0.4) is 0 Å². The minimum absolute atomic E-state index is 0.199. The van der Waals surface area contributed by atoms with Crippen LogP contribution in [0.15, 0.2) is 24.3 Å². The van der Waals surface area contributed by atoms with Crippen LogP contribution in [0, 0.1) is 0 Å². The number of aryl methyl sites for hydroxylation is 1. The van der Waals surface area contributed by atoms with Crippen LogP contribution in [0.1, 0.15) is 38.9 Å². The third-order valence-electron chi connectivity index (χ3n) is 4.12. The van der Waals surface area contributed by atoms with E-state index in [0.717, 1.165) is 54.5 Å². The fourth-order valence-corrected chi connectivity index (χ4v) is 2.90. The number of nitrogens with one attached hydrogen (secondary N) is 1. The van der Waals surface area contributed by atoms with Crippen molar-refractivity contribution in [1.82, 2.24) is 14.7 Å². The number of hydrogen-bond acceptors (Lipinski definition) is 3. The molecule has 0 fully saturated rings. The summed E-state index contributed by atoms with van der Waals surface area (Å²) in [5.41, 5.74) is 10.5. The molecule has 0 aliphatic carbocycles. The Balaban J connectivity index is 2.02. The molecule has 2 aromatic heterocycles. The Labute approximate surface area is 147 Å². The smallest absolute Gasteiger partial charge is 0.183 e. The average Bonchev–Trinajstić information content (AvgIpc) is 2.99. The number of benzene rings is 1. The number of aromatic nitrogens is 3. The first-order valence-electron chi connectivity index (χ1n) is 9.04. The van der Waals surface area contributed by atoms with E-state index in [1.165, 1.54) is 0 Å². The molecule has 0 aliphatic rings. The molecule has 0 amide bonds. The number of nitrogens with zero attached hydrogens (tertiary/aromatic N) is 3. The fourth-order valence-electron chi connectivity index (χ4n) is 2.90. The normalized spacial score (nSPS) is 11.4. The maximum Gasteiger partial charge on any atom is 0.183 e. The number of para-hydroxylation sites is 1. The standard InChI is InChI=1S/C19H25N4O2/c1-3-5-10-16-22-17-18(23(16)25-13-12-24-11-4-2)14-8-6-7-9-15(14)21-19(17)20/h6-9H,3-5,10-13H2,1-2H3,(H-,20,21)/q-1/p+1. The molecule has 6 nitrogen and oxygen atoms in total. The Morgan fingerprint density at radius 2 is 1.96 bits per heavy atom. The zero-order valence-electron chi connectivity index (χ0n) is 15.0. The Morgan fingerprint density at radius 3 is 2.76 bits per heavy atom. The largest absolute Gasteiger partial charge is 0.480 e. The van der Waals surface area contributed by atoms with Gasteiger partial charge < -0.3 is 20.3 Å². The minimum atomic E-state index is 0.199. The molecule has 2 heterocycles. The van der Waals surface area contributed by atoms with Crippen LogP contribution in [0.2, 0.25) is 0 Å². The van der Waals surface area contributed by atoms with Crippen LogP contribution in [-0.2, 0) is 6.42 Å². The average molecular weight is 342 g/mol. The van der Waals surface area contributed by atoms with Crippen LogP contribution < -0.4 is 4.84 Å². The van der Waals surface area contributed by atoms with Crippen molar-refractivity contribution in [2.45, 2.75) is 39.5 Å². The molecule has 6 heteroatoms. The highest BCUT2D eigenvalue weighted by atomic mass is 16.7. The number of imidazole rings is 1. The summed E-state index contributed by atoms with van der Waals surface area (Å²) in [7, 11) is 0. The molecular formula is C19H26N4O2. The summed E-state index contributed by atoms with van der Waals surface area (Å²) >= 11 is 0. The van der Waals surface area contributed by atoms with Crippen molar-refractivity contribution in [1.29, 1.82) is 0 Å². The molecule has 0 unspecified atom stereocenters. The summed E-state index contributed by atoms with van der Waals surface area (Å²) in [6.07, 6.45) is 3.99. The molecular weight excluding hydrogens is 316 g/mol.